The summed E-state index contributed by atoms with van der Waals surface area (Å²) in [6.45, 7) is 0. The number of carbonyl (C=O) groups excluding carboxylic acids is 1. The molecule has 0 aliphatic heterocycles. The fraction of sp³-hybridized carbons (Fsp3) is 0. The Morgan fingerprint density at radius 1 is 0.938 bits per heavy atom. The monoisotopic (exact) mass is 212 g/mol. The quantitative estimate of drug-likeness (QED) is 0.748. The lowest BCUT2D eigenvalue weighted by Crippen LogP contribution is -2.12. The first-order valence-electron chi connectivity index (χ1n) is 4.93. The zero-order valence-corrected chi connectivity index (χ0v) is 8.68. The third-order valence-electron chi connectivity index (χ3n) is 2.41. The van der Waals surface area contributed by atoms with Gasteiger partial charge in [-0.25, -0.2) is 0 Å². The molecule has 0 spiro atoms. The number of nitrogen functional groups attached to an aromatic ring is 1. The van der Waals surface area contributed by atoms with Crippen molar-refractivity contribution in [2.75, 3.05) is 5.73 Å². The number of benzene rings is 2. The number of anilines is 1. The van der Waals surface area contributed by atoms with Crippen molar-refractivity contribution in [1.82, 2.24) is 0 Å². The number of hydrogen-bond donors (Lipinski definition) is 2. The van der Waals surface area contributed by atoms with E-state index in [2.05, 4.69) is 0 Å². The molecule has 0 aromatic heterocycles. The van der Waals surface area contributed by atoms with E-state index < -0.39 is 5.91 Å². The Morgan fingerprint density at radius 3 is 2.19 bits per heavy atom. The smallest absolute Gasteiger partial charge is 0.249 e. The Labute approximate surface area is 93.7 Å². The fourth-order valence-electron chi connectivity index (χ4n) is 1.61. The van der Waals surface area contributed by atoms with Gasteiger partial charge in [0.05, 0.1) is 0 Å². The third-order valence-corrected chi connectivity index (χ3v) is 2.41. The lowest BCUT2D eigenvalue weighted by Gasteiger charge is -2.06. The molecule has 0 bridgehead atoms. The largest absolute Gasteiger partial charge is 0.399 e. The minimum absolute atomic E-state index is 0.424. The van der Waals surface area contributed by atoms with Crippen molar-refractivity contribution >= 4 is 11.6 Å². The Morgan fingerprint density at radius 2 is 1.56 bits per heavy atom. The first-order chi connectivity index (χ1) is 7.68. The van der Waals surface area contributed by atoms with Gasteiger partial charge in [0.2, 0.25) is 5.91 Å². The first-order valence-corrected chi connectivity index (χ1v) is 4.93. The summed E-state index contributed by atoms with van der Waals surface area (Å²) in [6.07, 6.45) is 0. The molecule has 0 heterocycles. The highest BCUT2D eigenvalue weighted by Gasteiger charge is 2.08. The predicted molar refractivity (Wildman–Crippen MR) is 64.8 cm³/mol. The van der Waals surface area contributed by atoms with Gasteiger partial charge in [-0.2, -0.15) is 0 Å². The predicted octanol–water partition coefficient (Wildman–Crippen LogP) is 2.03. The summed E-state index contributed by atoms with van der Waals surface area (Å²) in [4.78, 5) is 11.3. The molecule has 16 heavy (non-hydrogen) atoms. The van der Waals surface area contributed by atoms with E-state index in [1.54, 1.807) is 24.3 Å². The van der Waals surface area contributed by atoms with E-state index in [1.165, 1.54) is 0 Å². The van der Waals surface area contributed by atoms with Crippen LogP contribution < -0.4 is 11.5 Å². The van der Waals surface area contributed by atoms with Crippen LogP contribution in [0.3, 0.4) is 0 Å². The molecule has 3 heteroatoms. The molecule has 1 amide bonds. The molecular formula is C13H12N2O. The van der Waals surface area contributed by atoms with E-state index >= 15 is 0 Å². The summed E-state index contributed by atoms with van der Waals surface area (Å²) in [5.74, 6) is -0.424. The standard InChI is InChI=1S/C13H12N2O/c14-10-7-5-9(6-8-10)11-3-1-2-4-12(11)13(15)16/h1-8H,14H2,(H2,15,16). The Hall–Kier alpha value is -2.29. The normalized spacial score (nSPS) is 10.0. The summed E-state index contributed by atoms with van der Waals surface area (Å²) in [7, 11) is 0. The van der Waals surface area contributed by atoms with Crippen LogP contribution in [0.5, 0.6) is 0 Å². The highest BCUT2D eigenvalue weighted by molar-refractivity contribution is 5.99. The van der Waals surface area contributed by atoms with Crippen molar-refractivity contribution in [3.63, 3.8) is 0 Å². The topological polar surface area (TPSA) is 69.1 Å². The average molecular weight is 212 g/mol. The number of rotatable bonds is 2. The SMILES string of the molecule is NC(=O)c1ccccc1-c1ccc(N)cc1. The molecular weight excluding hydrogens is 200 g/mol. The van der Waals surface area contributed by atoms with Crippen molar-refractivity contribution < 1.29 is 4.79 Å². The minimum Gasteiger partial charge on any atom is -0.399 e. The van der Waals surface area contributed by atoms with Gasteiger partial charge in [-0.1, -0.05) is 30.3 Å². The maximum absolute atomic E-state index is 11.3. The second-order valence-electron chi connectivity index (χ2n) is 3.53. The minimum atomic E-state index is -0.424. The molecule has 80 valence electrons. The van der Waals surface area contributed by atoms with Gasteiger partial charge >= 0.3 is 0 Å². The van der Waals surface area contributed by atoms with Gasteiger partial charge in [0.25, 0.3) is 0 Å². The molecule has 2 aromatic rings. The summed E-state index contributed by atoms with van der Waals surface area (Å²) in [6, 6.07) is 14.6. The molecule has 0 saturated heterocycles. The fourth-order valence-corrected chi connectivity index (χ4v) is 1.61. The molecule has 2 rings (SSSR count). The van der Waals surface area contributed by atoms with Gasteiger partial charge in [0.15, 0.2) is 0 Å². The Bertz CT molecular complexity index is 518. The zero-order chi connectivity index (χ0) is 11.5. The number of primary amides is 1. The highest BCUT2D eigenvalue weighted by atomic mass is 16.1. The number of hydrogen-bond acceptors (Lipinski definition) is 2. The second kappa shape index (κ2) is 4.06. The van der Waals surface area contributed by atoms with Crippen LogP contribution in [0, 0.1) is 0 Å². The van der Waals surface area contributed by atoms with Gasteiger partial charge in [-0.15, -0.1) is 0 Å². The lowest BCUT2D eigenvalue weighted by molar-refractivity contribution is 0.100. The van der Waals surface area contributed by atoms with E-state index in [4.69, 9.17) is 11.5 Å². The van der Waals surface area contributed by atoms with E-state index in [0.717, 1.165) is 11.1 Å². The van der Waals surface area contributed by atoms with Crippen molar-refractivity contribution in [3.05, 3.63) is 54.1 Å². The highest BCUT2D eigenvalue weighted by Crippen LogP contribution is 2.24. The second-order valence-corrected chi connectivity index (χ2v) is 3.53. The van der Waals surface area contributed by atoms with Crippen molar-refractivity contribution in [3.8, 4) is 11.1 Å². The average Bonchev–Trinajstić information content (AvgIpc) is 2.30. The summed E-state index contributed by atoms with van der Waals surface area (Å²) < 4.78 is 0. The van der Waals surface area contributed by atoms with E-state index in [9.17, 15) is 4.79 Å². The van der Waals surface area contributed by atoms with Crippen LogP contribution in [-0.4, -0.2) is 5.91 Å². The number of amides is 1. The summed E-state index contributed by atoms with van der Waals surface area (Å²) >= 11 is 0. The van der Waals surface area contributed by atoms with Gasteiger partial charge in [-0.3, -0.25) is 4.79 Å². The lowest BCUT2D eigenvalue weighted by atomic mass is 9.99. The summed E-state index contributed by atoms with van der Waals surface area (Å²) in [5, 5.41) is 0. The molecule has 0 atom stereocenters. The molecule has 0 radical (unpaired) electrons. The van der Waals surface area contributed by atoms with Crippen LogP contribution >= 0.6 is 0 Å². The maximum Gasteiger partial charge on any atom is 0.249 e. The van der Waals surface area contributed by atoms with Crippen molar-refractivity contribution in [2.24, 2.45) is 5.73 Å². The van der Waals surface area contributed by atoms with Gasteiger partial charge < -0.3 is 11.5 Å². The third kappa shape index (κ3) is 1.88. The number of carbonyl (C=O) groups is 1. The zero-order valence-electron chi connectivity index (χ0n) is 8.68. The van der Waals surface area contributed by atoms with Gasteiger partial charge in [-0.05, 0) is 29.3 Å². The molecule has 0 aliphatic rings. The van der Waals surface area contributed by atoms with E-state index in [-0.39, 0.29) is 0 Å². The van der Waals surface area contributed by atoms with Crippen LogP contribution in [0.4, 0.5) is 5.69 Å². The number of nitrogens with two attached hydrogens (primary N) is 2. The van der Waals surface area contributed by atoms with E-state index in [1.807, 2.05) is 24.3 Å². The van der Waals surface area contributed by atoms with Gasteiger partial charge in [0, 0.05) is 11.3 Å². The van der Waals surface area contributed by atoms with Crippen molar-refractivity contribution in [1.29, 1.82) is 0 Å². The molecule has 0 fully saturated rings. The van der Waals surface area contributed by atoms with Crippen LogP contribution in [-0.2, 0) is 0 Å². The van der Waals surface area contributed by atoms with Crippen LogP contribution in [0.25, 0.3) is 11.1 Å². The molecule has 2 aromatic carbocycles. The van der Waals surface area contributed by atoms with Crippen LogP contribution in [0.15, 0.2) is 48.5 Å². The Balaban J connectivity index is 2.55. The maximum atomic E-state index is 11.3. The van der Waals surface area contributed by atoms with Crippen LogP contribution in [0.1, 0.15) is 10.4 Å². The molecule has 3 nitrogen and oxygen atoms in total. The molecule has 0 aliphatic carbocycles. The molecule has 0 unspecified atom stereocenters. The van der Waals surface area contributed by atoms with Gasteiger partial charge in [0.1, 0.15) is 0 Å². The first kappa shape index (κ1) is 10.2. The molecule has 0 saturated carbocycles. The molecule has 4 N–H and O–H groups in total. The Kier molecular flexibility index (Phi) is 2.60. The van der Waals surface area contributed by atoms with E-state index in [0.29, 0.717) is 11.3 Å². The van der Waals surface area contributed by atoms with Crippen LogP contribution in [0.2, 0.25) is 0 Å². The van der Waals surface area contributed by atoms with Crippen molar-refractivity contribution in [2.45, 2.75) is 0 Å². The summed E-state index contributed by atoms with van der Waals surface area (Å²) in [5.41, 5.74) is 13.9.